The zero-order valence-electron chi connectivity index (χ0n) is 8.57. The van der Waals surface area contributed by atoms with Crippen LogP contribution in [0.1, 0.15) is 32.1 Å². The second-order valence-corrected chi connectivity index (χ2v) is 5.39. The van der Waals surface area contributed by atoms with Crippen LogP contribution in [-0.4, -0.2) is 24.2 Å². The molecule has 0 bridgehead atoms. The molecule has 0 aromatic rings. The van der Waals surface area contributed by atoms with Gasteiger partial charge >= 0.3 is 15.6 Å². The molecular formula is C8H15F3O3S2. The Morgan fingerprint density at radius 1 is 1.19 bits per heavy atom. The maximum absolute atomic E-state index is 10.7. The minimum absolute atomic E-state index is 0.951. The van der Waals surface area contributed by atoms with E-state index in [1.165, 1.54) is 32.1 Å². The van der Waals surface area contributed by atoms with Crippen molar-refractivity contribution < 1.29 is 26.1 Å². The lowest BCUT2D eigenvalue weighted by atomic mass is 9.91. The summed E-state index contributed by atoms with van der Waals surface area (Å²) in [6.45, 7) is 0. The molecule has 0 amide bonds. The summed E-state index contributed by atoms with van der Waals surface area (Å²) in [6, 6.07) is 0. The van der Waals surface area contributed by atoms with E-state index in [9.17, 15) is 13.2 Å². The lowest BCUT2D eigenvalue weighted by Crippen LogP contribution is -2.21. The van der Waals surface area contributed by atoms with Gasteiger partial charge in [0.1, 0.15) is 0 Å². The molecule has 1 N–H and O–H groups in total. The van der Waals surface area contributed by atoms with Crippen molar-refractivity contribution in [1.29, 1.82) is 0 Å². The van der Waals surface area contributed by atoms with Crippen molar-refractivity contribution in [3.05, 3.63) is 0 Å². The molecule has 0 atom stereocenters. The number of rotatable bonds is 1. The Balaban J connectivity index is 0.000000281. The summed E-state index contributed by atoms with van der Waals surface area (Å²) in [6.07, 6.45) is 7.23. The maximum Gasteiger partial charge on any atom is 0.522 e. The van der Waals surface area contributed by atoms with E-state index in [0.29, 0.717) is 0 Å². The van der Waals surface area contributed by atoms with Crippen molar-refractivity contribution in [2.45, 2.75) is 37.6 Å². The Bertz CT molecular complexity index is 281. The third-order valence-electron chi connectivity index (χ3n) is 2.28. The molecule has 16 heavy (non-hydrogen) atoms. The largest absolute Gasteiger partial charge is 0.522 e. The van der Waals surface area contributed by atoms with Gasteiger partial charge in [-0.25, -0.2) is 0 Å². The van der Waals surface area contributed by atoms with Gasteiger partial charge in [0.05, 0.1) is 0 Å². The minimum Gasteiger partial charge on any atom is -0.279 e. The van der Waals surface area contributed by atoms with Crippen molar-refractivity contribution in [1.82, 2.24) is 0 Å². The van der Waals surface area contributed by atoms with Crippen molar-refractivity contribution >= 4 is 22.7 Å². The molecule has 1 fully saturated rings. The molecule has 1 aliphatic carbocycles. The first-order valence-electron chi connectivity index (χ1n) is 4.83. The Morgan fingerprint density at radius 2 is 1.56 bits per heavy atom. The standard InChI is InChI=1S/C7H14S.CHF3O3S/c8-6-7-4-2-1-3-5-7;2-1(3,4)8(5,6)7/h7-8H,1-6H2;(H,5,6,7). The van der Waals surface area contributed by atoms with Gasteiger partial charge in [-0.1, -0.05) is 19.3 Å². The van der Waals surface area contributed by atoms with Gasteiger partial charge in [0.15, 0.2) is 0 Å². The smallest absolute Gasteiger partial charge is 0.279 e. The van der Waals surface area contributed by atoms with Crippen LogP contribution in [0.3, 0.4) is 0 Å². The lowest BCUT2D eigenvalue weighted by Gasteiger charge is -2.18. The van der Waals surface area contributed by atoms with Crippen molar-refractivity contribution in [2.24, 2.45) is 5.92 Å². The molecule has 0 radical (unpaired) electrons. The summed E-state index contributed by atoms with van der Waals surface area (Å²) in [5.41, 5.74) is -5.53. The fourth-order valence-electron chi connectivity index (χ4n) is 1.37. The van der Waals surface area contributed by atoms with Gasteiger partial charge in [0.2, 0.25) is 0 Å². The first kappa shape index (κ1) is 16.1. The second-order valence-electron chi connectivity index (χ2n) is 3.61. The van der Waals surface area contributed by atoms with Crippen LogP contribution in [0.4, 0.5) is 13.2 Å². The molecule has 8 heteroatoms. The van der Waals surface area contributed by atoms with Gasteiger partial charge < -0.3 is 0 Å². The molecule has 0 aromatic carbocycles. The molecule has 0 saturated heterocycles. The normalized spacial score (nSPS) is 18.8. The Kier molecular flexibility index (Phi) is 6.73. The number of thiol groups is 1. The van der Waals surface area contributed by atoms with E-state index in [4.69, 9.17) is 13.0 Å². The predicted octanol–water partition coefficient (Wildman–Crippen LogP) is 2.89. The van der Waals surface area contributed by atoms with Crippen LogP contribution in [0.15, 0.2) is 0 Å². The fraction of sp³-hybridized carbons (Fsp3) is 1.00. The average Bonchev–Trinajstić information content (AvgIpc) is 2.17. The van der Waals surface area contributed by atoms with E-state index < -0.39 is 15.6 Å². The molecule has 3 nitrogen and oxygen atoms in total. The monoisotopic (exact) mass is 280 g/mol. The van der Waals surface area contributed by atoms with E-state index in [1.807, 2.05) is 0 Å². The van der Waals surface area contributed by atoms with E-state index in [2.05, 4.69) is 12.6 Å². The van der Waals surface area contributed by atoms with E-state index in [-0.39, 0.29) is 0 Å². The lowest BCUT2D eigenvalue weighted by molar-refractivity contribution is -0.0510. The third-order valence-corrected chi connectivity index (χ3v) is 3.38. The number of hydrogen-bond acceptors (Lipinski definition) is 3. The van der Waals surface area contributed by atoms with Gasteiger partial charge in [-0.15, -0.1) is 0 Å². The highest BCUT2D eigenvalue weighted by Gasteiger charge is 2.44. The van der Waals surface area contributed by atoms with Gasteiger partial charge in [0, 0.05) is 0 Å². The average molecular weight is 280 g/mol. The van der Waals surface area contributed by atoms with Crippen LogP contribution >= 0.6 is 12.6 Å². The maximum atomic E-state index is 10.7. The van der Waals surface area contributed by atoms with Crippen molar-refractivity contribution in [2.75, 3.05) is 5.75 Å². The molecule has 1 rings (SSSR count). The van der Waals surface area contributed by atoms with Crippen molar-refractivity contribution in [3.8, 4) is 0 Å². The molecule has 1 saturated carbocycles. The Labute approximate surface area is 98.6 Å². The number of hydrogen-bond donors (Lipinski definition) is 2. The van der Waals surface area contributed by atoms with E-state index >= 15 is 0 Å². The topological polar surface area (TPSA) is 54.4 Å². The van der Waals surface area contributed by atoms with Crippen LogP contribution in [-0.2, 0) is 10.1 Å². The molecule has 0 aliphatic heterocycles. The molecule has 98 valence electrons. The van der Waals surface area contributed by atoms with Crippen LogP contribution in [0.5, 0.6) is 0 Å². The van der Waals surface area contributed by atoms with Crippen LogP contribution in [0.25, 0.3) is 0 Å². The summed E-state index contributed by atoms with van der Waals surface area (Å²) in [7, 11) is -5.84. The molecule has 0 aromatic heterocycles. The van der Waals surface area contributed by atoms with Crippen LogP contribution in [0, 0.1) is 5.92 Å². The van der Waals surface area contributed by atoms with Gasteiger partial charge in [0.25, 0.3) is 0 Å². The zero-order valence-corrected chi connectivity index (χ0v) is 10.3. The van der Waals surface area contributed by atoms with Gasteiger partial charge in [-0.3, -0.25) is 4.55 Å². The summed E-state index contributed by atoms with van der Waals surface area (Å²) >= 11 is 4.26. The van der Waals surface area contributed by atoms with E-state index in [1.54, 1.807) is 0 Å². The zero-order chi connectivity index (χ0) is 12.8. The Morgan fingerprint density at radius 3 is 1.75 bits per heavy atom. The first-order chi connectivity index (χ1) is 7.18. The summed E-state index contributed by atoms with van der Waals surface area (Å²) in [5, 5.41) is 0. The highest BCUT2D eigenvalue weighted by atomic mass is 32.2. The molecule has 0 spiro atoms. The van der Waals surface area contributed by atoms with Crippen LogP contribution < -0.4 is 0 Å². The first-order valence-corrected chi connectivity index (χ1v) is 6.90. The van der Waals surface area contributed by atoms with Gasteiger partial charge in [-0.05, 0) is 24.5 Å². The molecule has 0 unspecified atom stereocenters. The predicted molar refractivity (Wildman–Crippen MR) is 58.0 cm³/mol. The fourth-order valence-corrected chi connectivity index (χ4v) is 1.73. The van der Waals surface area contributed by atoms with Gasteiger partial charge in [-0.2, -0.15) is 34.2 Å². The molecule has 0 heterocycles. The summed E-state index contributed by atoms with van der Waals surface area (Å²) in [5.74, 6) is 2.06. The Hall–Kier alpha value is 0.0500. The highest BCUT2D eigenvalue weighted by Crippen LogP contribution is 2.23. The van der Waals surface area contributed by atoms with Crippen LogP contribution in [0.2, 0.25) is 0 Å². The van der Waals surface area contributed by atoms with E-state index in [0.717, 1.165) is 11.7 Å². The summed E-state index contributed by atoms with van der Waals surface area (Å²) < 4.78 is 57.5. The molecule has 1 aliphatic rings. The number of halogens is 3. The SMILES string of the molecule is O=S(=O)(O)C(F)(F)F.SCC1CCCCC1. The summed E-state index contributed by atoms with van der Waals surface area (Å²) in [4.78, 5) is 0. The molecular weight excluding hydrogens is 265 g/mol. The quantitative estimate of drug-likeness (QED) is 0.441. The van der Waals surface area contributed by atoms with Crippen molar-refractivity contribution in [3.63, 3.8) is 0 Å². The number of alkyl halides is 3. The highest BCUT2D eigenvalue weighted by molar-refractivity contribution is 7.86. The third kappa shape index (κ3) is 6.59. The minimum atomic E-state index is -5.84. The second kappa shape index (κ2) is 6.70.